The highest BCUT2D eigenvalue weighted by atomic mass is 16.6. The second kappa shape index (κ2) is 8.41. The summed E-state index contributed by atoms with van der Waals surface area (Å²) in [4.78, 5) is 24.6. The Labute approximate surface area is 121 Å². The van der Waals surface area contributed by atoms with Gasteiger partial charge in [0.1, 0.15) is 18.2 Å². The fourth-order valence-electron chi connectivity index (χ4n) is 1.76. The lowest BCUT2D eigenvalue weighted by molar-refractivity contribution is -0.130. The maximum absolute atomic E-state index is 11.8. The molecule has 114 valence electrons. The number of carbonyl (C=O) groups is 2. The van der Waals surface area contributed by atoms with Gasteiger partial charge in [0.05, 0.1) is 6.07 Å². The third-order valence-corrected chi connectivity index (χ3v) is 2.51. The van der Waals surface area contributed by atoms with Gasteiger partial charge in [0.25, 0.3) is 0 Å². The first-order chi connectivity index (χ1) is 9.33. The van der Waals surface area contributed by atoms with Gasteiger partial charge in [-0.3, -0.25) is 4.79 Å². The van der Waals surface area contributed by atoms with Crippen LogP contribution >= 0.6 is 0 Å². The summed E-state index contributed by atoms with van der Waals surface area (Å²) < 4.78 is 5.02. The Balaban J connectivity index is 0.00000172. The van der Waals surface area contributed by atoms with Crippen LogP contribution in [0.1, 0.15) is 47.5 Å². The van der Waals surface area contributed by atoms with Crippen LogP contribution in [0.15, 0.2) is 0 Å². The van der Waals surface area contributed by atoms with Gasteiger partial charge in [-0.15, -0.1) is 0 Å². The Morgan fingerprint density at radius 2 is 2.00 bits per heavy atom. The Kier molecular flexibility index (Phi) is 7.67. The maximum atomic E-state index is 11.8. The van der Waals surface area contributed by atoms with Crippen LogP contribution in [-0.4, -0.2) is 41.6 Å². The van der Waals surface area contributed by atoms with E-state index in [4.69, 9.17) is 10.00 Å². The molecule has 0 aromatic heterocycles. The van der Waals surface area contributed by atoms with Gasteiger partial charge in [-0.25, -0.2) is 4.79 Å². The summed E-state index contributed by atoms with van der Waals surface area (Å²) in [5, 5.41) is 11.3. The van der Waals surface area contributed by atoms with E-state index in [1.807, 2.05) is 13.8 Å². The second-order valence-electron chi connectivity index (χ2n) is 5.23. The molecular weight excluding hydrogens is 258 g/mol. The van der Waals surface area contributed by atoms with Gasteiger partial charge in [-0.2, -0.15) is 5.26 Å². The molecule has 1 saturated heterocycles. The molecule has 1 fully saturated rings. The van der Waals surface area contributed by atoms with Crippen LogP contribution in [0.4, 0.5) is 4.79 Å². The monoisotopic (exact) mass is 283 g/mol. The van der Waals surface area contributed by atoms with E-state index in [9.17, 15) is 9.59 Å². The molecule has 0 aromatic carbocycles. The van der Waals surface area contributed by atoms with Crippen LogP contribution in [0, 0.1) is 11.3 Å². The third kappa shape index (κ3) is 6.41. The standard InChI is InChI=1S/C12H19N3O3.C2H6/c1-12(2,3)18-11(17)14-8-10(16)15-6-4-5-9(15)7-13;1-2/h9H,4-6,8H2,1-3H3,(H,14,17);1-2H3. The van der Waals surface area contributed by atoms with Crippen molar-refractivity contribution in [1.29, 1.82) is 5.26 Å². The summed E-state index contributed by atoms with van der Waals surface area (Å²) in [6.07, 6.45) is 0.911. The Morgan fingerprint density at radius 1 is 1.40 bits per heavy atom. The van der Waals surface area contributed by atoms with Crippen LogP contribution < -0.4 is 5.32 Å². The number of nitriles is 1. The summed E-state index contributed by atoms with van der Waals surface area (Å²) >= 11 is 0. The Bertz CT molecular complexity index is 369. The first kappa shape index (κ1) is 18.2. The molecule has 1 rings (SSSR count). The predicted octanol–water partition coefficient (Wildman–Crippen LogP) is 2.05. The highest BCUT2D eigenvalue weighted by Crippen LogP contribution is 2.16. The van der Waals surface area contributed by atoms with E-state index in [-0.39, 0.29) is 18.5 Å². The average molecular weight is 283 g/mol. The van der Waals surface area contributed by atoms with Crippen LogP contribution in [0.2, 0.25) is 0 Å². The van der Waals surface area contributed by atoms with E-state index in [1.54, 1.807) is 20.8 Å². The number of hydrogen-bond donors (Lipinski definition) is 1. The van der Waals surface area contributed by atoms with Crippen molar-refractivity contribution in [3.8, 4) is 6.07 Å². The van der Waals surface area contributed by atoms with E-state index in [1.165, 1.54) is 4.90 Å². The maximum Gasteiger partial charge on any atom is 0.408 e. The van der Waals surface area contributed by atoms with Crippen molar-refractivity contribution in [2.45, 2.75) is 59.1 Å². The summed E-state index contributed by atoms with van der Waals surface area (Å²) in [6, 6.07) is 1.72. The number of alkyl carbamates (subject to hydrolysis) is 1. The van der Waals surface area contributed by atoms with Gasteiger partial charge < -0.3 is 15.0 Å². The average Bonchev–Trinajstić information content (AvgIpc) is 2.84. The zero-order valence-electron chi connectivity index (χ0n) is 13.0. The molecule has 1 aliphatic rings. The molecule has 1 unspecified atom stereocenters. The minimum absolute atomic E-state index is 0.132. The van der Waals surface area contributed by atoms with Crippen LogP contribution in [0.25, 0.3) is 0 Å². The number of nitrogens with zero attached hydrogens (tertiary/aromatic N) is 2. The number of nitrogens with one attached hydrogen (secondary N) is 1. The van der Waals surface area contributed by atoms with Gasteiger partial charge in [-0.1, -0.05) is 13.8 Å². The minimum Gasteiger partial charge on any atom is -0.444 e. The van der Waals surface area contributed by atoms with E-state index >= 15 is 0 Å². The number of likely N-dealkylation sites (tertiary alicyclic amines) is 1. The minimum atomic E-state index is -0.622. The molecule has 0 spiro atoms. The molecular formula is C14H25N3O3. The smallest absolute Gasteiger partial charge is 0.408 e. The molecule has 6 heteroatoms. The molecule has 1 atom stereocenters. The lowest BCUT2D eigenvalue weighted by atomic mass is 10.2. The zero-order chi connectivity index (χ0) is 15.8. The van der Waals surface area contributed by atoms with Crippen LogP contribution in [0.3, 0.4) is 0 Å². The first-order valence-electron chi connectivity index (χ1n) is 6.99. The van der Waals surface area contributed by atoms with Gasteiger partial charge in [-0.05, 0) is 33.6 Å². The molecule has 1 aliphatic heterocycles. The first-order valence-corrected chi connectivity index (χ1v) is 6.99. The molecule has 6 nitrogen and oxygen atoms in total. The van der Waals surface area contributed by atoms with E-state index in [0.29, 0.717) is 13.0 Å². The predicted molar refractivity (Wildman–Crippen MR) is 75.9 cm³/mol. The van der Waals surface area contributed by atoms with Crippen molar-refractivity contribution in [1.82, 2.24) is 10.2 Å². The molecule has 1 heterocycles. The van der Waals surface area contributed by atoms with Gasteiger partial charge in [0.15, 0.2) is 0 Å². The number of ether oxygens (including phenoxy) is 1. The number of carbonyl (C=O) groups excluding carboxylic acids is 2. The number of amides is 2. The van der Waals surface area contributed by atoms with E-state index < -0.39 is 11.7 Å². The van der Waals surface area contributed by atoms with E-state index in [2.05, 4.69) is 11.4 Å². The van der Waals surface area contributed by atoms with Crippen molar-refractivity contribution < 1.29 is 14.3 Å². The fraction of sp³-hybridized carbons (Fsp3) is 0.786. The topological polar surface area (TPSA) is 82.4 Å². The highest BCUT2D eigenvalue weighted by molar-refractivity contribution is 5.83. The van der Waals surface area contributed by atoms with Crippen LogP contribution in [-0.2, 0) is 9.53 Å². The lowest BCUT2D eigenvalue weighted by Crippen LogP contribution is -2.43. The third-order valence-electron chi connectivity index (χ3n) is 2.51. The van der Waals surface area contributed by atoms with E-state index in [0.717, 1.165) is 6.42 Å². The Hall–Kier alpha value is -1.77. The number of hydrogen-bond acceptors (Lipinski definition) is 4. The van der Waals surface area contributed by atoms with Crippen molar-refractivity contribution >= 4 is 12.0 Å². The Morgan fingerprint density at radius 3 is 2.50 bits per heavy atom. The summed E-state index contributed by atoms with van der Waals surface area (Å²) in [7, 11) is 0. The zero-order valence-corrected chi connectivity index (χ0v) is 13.0. The molecule has 0 bridgehead atoms. The largest absolute Gasteiger partial charge is 0.444 e. The fourth-order valence-corrected chi connectivity index (χ4v) is 1.76. The molecule has 0 radical (unpaired) electrons. The molecule has 1 N–H and O–H groups in total. The summed E-state index contributed by atoms with van der Waals surface area (Å²) in [5.41, 5.74) is -0.587. The highest BCUT2D eigenvalue weighted by Gasteiger charge is 2.28. The molecule has 20 heavy (non-hydrogen) atoms. The quantitative estimate of drug-likeness (QED) is 0.840. The van der Waals surface area contributed by atoms with Crippen molar-refractivity contribution in [2.75, 3.05) is 13.1 Å². The van der Waals surface area contributed by atoms with Crippen molar-refractivity contribution in [3.05, 3.63) is 0 Å². The second-order valence-corrected chi connectivity index (χ2v) is 5.23. The van der Waals surface area contributed by atoms with Gasteiger partial charge in [0.2, 0.25) is 5.91 Å². The van der Waals surface area contributed by atoms with Gasteiger partial charge >= 0.3 is 6.09 Å². The molecule has 2 amide bonds. The molecule has 0 aliphatic carbocycles. The normalized spacial score (nSPS) is 17.6. The van der Waals surface area contributed by atoms with Crippen molar-refractivity contribution in [3.63, 3.8) is 0 Å². The lowest BCUT2D eigenvalue weighted by Gasteiger charge is -2.22. The molecule has 0 saturated carbocycles. The van der Waals surface area contributed by atoms with Gasteiger partial charge in [0, 0.05) is 6.54 Å². The number of rotatable bonds is 2. The summed E-state index contributed by atoms with van der Waals surface area (Å²) in [6.45, 7) is 9.70. The van der Waals surface area contributed by atoms with Crippen LogP contribution in [0.5, 0.6) is 0 Å². The molecule has 0 aromatic rings. The SMILES string of the molecule is CC.CC(C)(C)OC(=O)NCC(=O)N1CCCC1C#N. The summed E-state index contributed by atoms with van der Waals surface area (Å²) in [5.74, 6) is -0.245. The van der Waals surface area contributed by atoms with Crippen molar-refractivity contribution in [2.24, 2.45) is 0 Å².